The largest absolute Gasteiger partial charge is 0.467 e. The van der Waals surface area contributed by atoms with Crippen molar-refractivity contribution in [3.05, 3.63) is 59.7 Å². The number of alkyl carbamates (subject to hydrolysis) is 1. The van der Waals surface area contributed by atoms with Gasteiger partial charge >= 0.3 is 18.0 Å². The van der Waals surface area contributed by atoms with Crippen LogP contribution in [0.1, 0.15) is 64.5 Å². The molecular formula is C34H43N3O9. The molecule has 3 rings (SSSR count). The third-order valence-electron chi connectivity index (χ3n) is 7.75. The zero-order valence-corrected chi connectivity index (χ0v) is 27.1. The number of nitrogens with zero attached hydrogens (tertiary/aromatic N) is 1. The van der Waals surface area contributed by atoms with Crippen molar-refractivity contribution in [1.29, 1.82) is 0 Å². The van der Waals surface area contributed by atoms with E-state index in [1.807, 2.05) is 62.4 Å². The van der Waals surface area contributed by atoms with E-state index in [0.717, 1.165) is 41.2 Å². The Kier molecular flexibility index (Phi) is 12.8. The van der Waals surface area contributed by atoms with Gasteiger partial charge in [0, 0.05) is 19.3 Å². The summed E-state index contributed by atoms with van der Waals surface area (Å²) in [5.41, 5.74) is 4.26. The molecule has 0 fully saturated rings. The Labute approximate surface area is 269 Å². The molecule has 0 spiro atoms. The molecule has 12 heteroatoms. The molecule has 46 heavy (non-hydrogen) atoms. The van der Waals surface area contributed by atoms with Crippen molar-refractivity contribution in [3.8, 4) is 11.1 Å². The first-order valence-electron chi connectivity index (χ1n) is 15.3. The fourth-order valence-corrected chi connectivity index (χ4v) is 5.48. The number of aldehydes is 1. The molecule has 12 nitrogen and oxygen atoms in total. The Morgan fingerprint density at radius 3 is 1.98 bits per heavy atom. The summed E-state index contributed by atoms with van der Waals surface area (Å²) < 4.78 is 15.4. The fourth-order valence-electron chi connectivity index (χ4n) is 5.48. The summed E-state index contributed by atoms with van der Waals surface area (Å²) in [6, 6.07) is 12.2. The number of carbonyl (C=O) groups is 6. The van der Waals surface area contributed by atoms with Gasteiger partial charge in [-0.2, -0.15) is 0 Å². The van der Waals surface area contributed by atoms with Crippen molar-refractivity contribution in [2.24, 2.45) is 11.8 Å². The summed E-state index contributed by atoms with van der Waals surface area (Å²) in [5.74, 6) is -3.72. The predicted octanol–water partition coefficient (Wildman–Crippen LogP) is 3.56. The Morgan fingerprint density at radius 1 is 0.891 bits per heavy atom. The quantitative estimate of drug-likeness (QED) is 0.129. The second-order valence-electron chi connectivity index (χ2n) is 11.9. The molecule has 0 unspecified atom stereocenters. The van der Waals surface area contributed by atoms with Gasteiger partial charge in [-0.3, -0.25) is 19.3 Å². The molecule has 0 heterocycles. The summed E-state index contributed by atoms with van der Waals surface area (Å²) in [6.45, 7) is 7.65. The van der Waals surface area contributed by atoms with Crippen LogP contribution < -0.4 is 10.6 Å². The van der Waals surface area contributed by atoms with Crippen LogP contribution in [0.4, 0.5) is 4.79 Å². The summed E-state index contributed by atoms with van der Waals surface area (Å²) in [4.78, 5) is 76.8. The van der Waals surface area contributed by atoms with Crippen molar-refractivity contribution >= 4 is 36.1 Å². The highest BCUT2D eigenvalue weighted by atomic mass is 16.6. The molecule has 0 aliphatic heterocycles. The van der Waals surface area contributed by atoms with Crippen LogP contribution in [0.2, 0.25) is 0 Å². The molecule has 0 aromatic heterocycles. The Morgan fingerprint density at radius 2 is 1.48 bits per heavy atom. The van der Waals surface area contributed by atoms with Gasteiger partial charge < -0.3 is 29.6 Å². The Hall–Kier alpha value is -4.74. The van der Waals surface area contributed by atoms with E-state index >= 15 is 0 Å². The summed E-state index contributed by atoms with van der Waals surface area (Å²) in [5, 5.41) is 5.35. The van der Waals surface area contributed by atoms with Gasteiger partial charge in [-0.25, -0.2) is 9.59 Å². The van der Waals surface area contributed by atoms with Gasteiger partial charge in [-0.05, 0) is 40.5 Å². The number of nitrogens with one attached hydrogen (secondary N) is 2. The van der Waals surface area contributed by atoms with Crippen LogP contribution in [0.5, 0.6) is 0 Å². The van der Waals surface area contributed by atoms with E-state index in [9.17, 15) is 28.8 Å². The second kappa shape index (κ2) is 16.5. The average Bonchev–Trinajstić information content (AvgIpc) is 3.34. The number of amides is 3. The maximum Gasteiger partial charge on any atom is 0.407 e. The molecule has 0 bridgehead atoms. The van der Waals surface area contributed by atoms with Crippen LogP contribution in [0, 0.1) is 11.8 Å². The van der Waals surface area contributed by atoms with Gasteiger partial charge in [0.2, 0.25) is 11.8 Å². The van der Waals surface area contributed by atoms with Gasteiger partial charge in [0.15, 0.2) is 6.73 Å². The summed E-state index contributed by atoms with van der Waals surface area (Å²) >= 11 is 0. The number of hydrogen-bond donors (Lipinski definition) is 2. The van der Waals surface area contributed by atoms with E-state index < -0.39 is 67.0 Å². The van der Waals surface area contributed by atoms with Gasteiger partial charge in [-0.1, -0.05) is 76.2 Å². The molecule has 1 aliphatic rings. The standard InChI is InChI=1S/C34H43N3O9/c1-20(2)17-28(35-34(43)45-18-27-25-13-9-7-11-23(25)24-12-8-10-14-26(24)27)31(40)36-30(21(3)4)32(41)37(19-46-22(5)39)29(15-16-38)33(42)44-6/h7-14,16,20-21,27-30H,15,17-19H2,1-6H3,(H,35,43)(H,36,40)/t28-,29-,30-/m0/s1. The van der Waals surface area contributed by atoms with Gasteiger partial charge in [-0.15, -0.1) is 0 Å². The fraction of sp³-hybridized carbons (Fsp3) is 0.471. The van der Waals surface area contributed by atoms with Crippen LogP contribution in [0.25, 0.3) is 11.1 Å². The Balaban J connectivity index is 1.76. The highest BCUT2D eigenvalue weighted by Gasteiger charge is 2.38. The molecule has 3 amide bonds. The monoisotopic (exact) mass is 637 g/mol. The maximum atomic E-state index is 13.8. The lowest BCUT2D eigenvalue weighted by Crippen LogP contribution is -2.59. The SMILES string of the molecule is COC(=O)[C@H](CC=O)N(COC(C)=O)C(=O)[C@@H](NC(=O)[C@H](CC(C)C)NC(=O)OCC1c2ccccc2-c2ccccc21)C(C)C. The molecule has 1 aliphatic carbocycles. The second-order valence-corrected chi connectivity index (χ2v) is 11.9. The summed E-state index contributed by atoms with van der Waals surface area (Å²) in [6.07, 6.45) is -0.529. The molecule has 3 atom stereocenters. The van der Waals surface area contributed by atoms with E-state index in [-0.39, 0.29) is 24.9 Å². The minimum atomic E-state index is -1.39. The van der Waals surface area contributed by atoms with Crippen molar-refractivity contribution in [1.82, 2.24) is 15.5 Å². The number of benzene rings is 2. The predicted molar refractivity (Wildman–Crippen MR) is 168 cm³/mol. The highest BCUT2D eigenvalue weighted by Crippen LogP contribution is 2.44. The number of fused-ring (bicyclic) bond motifs is 3. The van der Waals surface area contributed by atoms with Crippen molar-refractivity contribution < 1.29 is 43.0 Å². The first-order chi connectivity index (χ1) is 21.9. The lowest BCUT2D eigenvalue weighted by Gasteiger charge is -2.33. The first kappa shape index (κ1) is 35.7. The number of hydrogen-bond acceptors (Lipinski definition) is 9. The number of carbonyl (C=O) groups excluding carboxylic acids is 6. The smallest absolute Gasteiger partial charge is 0.407 e. The van der Waals surface area contributed by atoms with E-state index in [1.165, 1.54) is 0 Å². The number of methoxy groups -OCH3 is 1. The number of ether oxygens (including phenoxy) is 3. The topological polar surface area (TPSA) is 157 Å². The van der Waals surface area contributed by atoms with Gasteiger partial charge in [0.25, 0.3) is 0 Å². The molecule has 0 saturated carbocycles. The molecular weight excluding hydrogens is 594 g/mol. The first-order valence-corrected chi connectivity index (χ1v) is 15.3. The van der Waals surface area contributed by atoms with Crippen LogP contribution in [0.15, 0.2) is 48.5 Å². The number of esters is 2. The van der Waals surface area contributed by atoms with E-state index in [0.29, 0.717) is 6.29 Å². The highest BCUT2D eigenvalue weighted by molar-refractivity contribution is 5.94. The molecule has 0 radical (unpaired) electrons. The Bertz CT molecular complexity index is 1380. The molecule has 2 N–H and O–H groups in total. The zero-order valence-electron chi connectivity index (χ0n) is 27.1. The third kappa shape index (κ3) is 8.92. The minimum absolute atomic E-state index is 0.0189. The van der Waals surface area contributed by atoms with Gasteiger partial charge in [0.05, 0.1) is 7.11 Å². The molecule has 2 aromatic carbocycles. The van der Waals surface area contributed by atoms with Crippen LogP contribution in [0.3, 0.4) is 0 Å². The minimum Gasteiger partial charge on any atom is -0.467 e. The summed E-state index contributed by atoms with van der Waals surface area (Å²) in [7, 11) is 1.10. The maximum absolute atomic E-state index is 13.8. The van der Waals surface area contributed by atoms with Crippen LogP contribution >= 0.6 is 0 Å². The van der Waals surface area contributed by atoms with Crippen molar-refractivity contribution in [2.75, 3.05) is 20.4 Å². The number of rotatable bonds is 15. The van der Waals surface area contributed by atoms with Crippen molar-refractivity contribution in [2.45, 2.75) is 71.5 Å². The lowest BCUT2D eigenvalue weighted by atomic mass is 9.98. The molecule has 0 saturated heterocycles. The van der Waals surface area contributed by atoms with Crippen LogP contribution in [-0.2, 0) is 38.2 Å². The lowest BCUT2D eigenvalue weighted by molar-refractivity contribution is -0.165. The van der Waals surface area contributed by atoms with E-state index in [1.54, 1.807) is 13.8 Å². The molecule has 2 aromatic rings. The van der Waals surface area contributed by atoms with Crippen LogP contribution in [-0.4, -0.2) is 79.6 Å². The zero-order chi connectivity index (χ0) is 34.0. The van der Waals surface area contributed by atoms with E-state index in [4.69, 9.17) is 14.2 Å². The average molecular weight is 638 g/mol. The van der Waals surface area contributed by atoms with Crippen molar-refractivity contribution in [3.63, 3.8) is 0 Å². The third-order valence-corrected chi connectivity index (χ3v) is 7.75. The van der Waals surface area contributed by atoms with Gasteiger partial charge in [0.1, 0.15) is 31.0 Å². The molecule has 248 valence electrons. The normalized spacial score (nSPS) is 13.9. The van der Waals surface area contributed by atoms with E-state index in [2.05, 4.69) is 10.6 Å².